The van der Waals surface area contributed by atoms with Crippen molar-refractivity contribution in [2.75, 3.05) is 24.6 Å². The van der Waals surface area contributed by atoms with E-state index < -0.39 is 28.5 Å². The van der Waals surface area contributed by atoms with E-state index in [2.05, 4.69) is 0 Å². The monoisotopic (exact) mass is 320 g/mol. The maximum Gasteiger partial charge on any atom is 0.416 e. The number of hydrogen-bond donors (Lipinski definition) is 2. The van der Waals surface area contributed by atoms with Crippen molar-refractivity contribution in [1.29, 1.82) is 0 Å². The van der Waals surface area contributed by atoms with E-state index in [1.807, 2.05) is 0 Å². The topological polar surface area (TPSA) is 86.8 Å². The Hall–Kier alpha value is -1.87. The van der Waals surface area contributed by atoms with Crippen molar-refractivity contribution >= 4 is 11.4 Å². The van der Waals surface area contributed by atoms with Crippen molar-refractivity contribution in [3.05, 3.63) is 33.9 Å². The molecule has 1 aromatic carbocycles. The summed E-state index contributed by atoms with van der Waals surface area (Å²) in [5.41, 5.74) is -1.70. The standard InChI is InChI=1S/C13H15F3N2O4/c14-13(15,16)9-1-2-10(11(5-9)18(21)22)17-4-3-8(7-19)12(20)6-17/h1-2,5,8,12,19-20H,3-4,6-7H2/t8-,12-/m1/s1. The molecule has 0 amide bonds. The molecular weight excluding hydrogens is 305 g/mol. The summed E-state index contributed by atoms with van der Waals surface area (Å²) < 4.78 is 38.0. The normalized spacial score (nSPS) is 22.7. The maximum absolute atomic E-state index is 12.7. The van der Waals surface area contributed by atoms with Gasteiger partial charge in [0, 0.05) is 31.7 Å². The van der Waals surface area contributed by atoms with Crippen LogP contribution in [0.5, 0.6) is 0 Å². The zero-order valence-corrected chi connectivity index (χ0v) is 11.5. The van der Waals surface area contributed by atoms with E-state index in [9.17, 15) is 28.4 Å². The van der Waals surface area contributed by atoms with Crippen LogP contribution in [0.25, 0.3) is 0 Å². The Kier molecular flexibility index (Phi) is 4.57. The number of aliphatic hydroxyl groups excluding tert-OH is 2. The van der Waals surface area contributed by atoms with Crippen LogP contribution in [-0.2, 0) is 6.18 Å². The molecule has 1 aromatic rings. The first-order valence-corrected chi connectivity index (χ1v) is 6.63. The van der Waals surface area contributed by atoms with Crippen LogP contribution in [0.3, 0.4) is 0 Å². The number of benzene rings is 1. The second kappa shape index (κ2) is 6.09. The minimum atomic E-state index is -4.66. The Labute approximate surface area is 123 Å². The molecule has 2 rings (SSSR count). The molecule has 0 bridgehead atoms. The lowest BCUT2D eigenvalue weighted by atomic mass is 9.94. The van der Waals surface area contributed by atoms with Crippen LogP contribution >= 0.6 is 0 Å². The highest BCUT2D eigenvalue weighted by Gasteiger charge is 2.35. The lowest BCUT2D eigenvalue weighted by Crippen LogP contribution is -2.45. The minimum Gasteiger partial charge on any atom is -0.396 e. The predicted octanol–water partition coefficient (Wildman–Crippen LogP) is 1.79. The second-order valence-corrected chi connectivity index (χ2v) is 5.20. The number of aliphatic hydroxyl groups is 2. The molecule has 122 valence electrons. The number of nitrogens with zero attached hydrogens (tertiary/aromatic N) is 2. The average Bonchev–Trinajstić information content (AvgIpc) is 2.45. The lowest BCUT2D eigenvalue weighted by Gasteiger charge is -2.36. The Morgan fingerprint density at radius 1 is 1.41 bits per heavy atom. The van der Waals surface area contributed by atoms with Crippen molar-refractivity contribution in [3.63, 3.8) is 0 Å². The van der Waals surface area contributed by atoms with Crippen molar-refractivity contribution in [1.82, 2.24) is 0 Å². The van der Waals surface area contributed by atoms with E-state index in [0.29, 0.717) is 19.0 Å². The highest BCUT2D eigenvalue weighted by molar-refractivity contribution is 5.65. The number of nitro groups is 1. The average molecular weight is 320 g/mol. The van der Waals surface area contributed by atoms with Crippen LogP contribution in [0.4, 0.5) is 24.5 Å². The van der Waals surface area contributed by atoms with Crippen molar-refractivity contribution < 1.29 is 28.3 Å². The van der Waals surface area contributed by atoms with Gasteiger partial charge in [0.1, 0.15) is 5.69 Å². The second-order valence-electron chi connectivity index (χ2n) is 5.20. The smallest absolute Gasteiger partial charge is 0.396 e. The summed E-state index contributed by atoms with van der Waals surface area (Å²) in [6.45, 7) is 0.135. The molecule has 0 aromatic heterocycles. The van der Waals surface area contributed by atoms with Gasteiger partial charge in [-0.15, -0.1) is 0 Å². The maximum atomic E-state index is 12.7. The lowest BCUT2D eigenvalue weighted by molar-refractivity contribution is -0.384. The summed E-state index contributed by atoms with van der Waals surface area (Å²) in [7, 11) is 0. The Bertz CT molecular complexity index is 565. The largest absolute Gasteiger partial charge is 0.416 e. The first-order valence-electron chi connectivity index (χ1n) is 6.63. The summed E-state index contributed by atoms with van der Waals surface area (Å²) >= 11 is 0. The molecule has 1 heterocycles. The molecule has 0 radical (unpaired) electrons. The van der Waals surface area contributed by atoms with E-state index in [1.54, 1.807) is 0 Å². The van der Waals surface area contributed by atoms with Crippen LogP contribution < -0.4 is 4.90 Å². The molecule has 6 nitrogen and oxygen atoms in total. The molecular formula is C13H15F3N2O4. The first kappa shape index (κ1) is 16.5. The SMILES string of the molecule is O=[N+]([O-])c1cc(C(F)(F)F)ccc1N1CC[C@H](CO)[C@H](O)C1. The van der Waals surface area contributed by atoms with Crippen molar-refractivity contribution in [2.45, 2.75) is 18.7 Å². The molecule has 1 saturated heterocycles. The number of anilines is 1. The predicted molar refractivity (Wildman–Crippen MR) is 71.5 cm³/mol. The van der Waals surface area contributed by atoms with Crippen LogP contribution in [0, 0.1) is 16.0 Å². The molecule has 0 spiro atoms. The van der Waals surface area contributed by atoms with E-state index >= 15 is 0 Å². The molecule has 0 saturated carbocycles. The summed E-state index contributed by atoms with van der Waals surface area (Å²) in [5.74, 6) is -0.329. The molecule has 1 aliphatic rings. The van der Waals surface area contributed by atoms with Crippen LogP contribution in [-0.4, -0.2) is 40.9 Å². The molecule has 2 N–H and O–H groups in total. The van der Waals surface area contributed by atoms with Crippen molar-refractivity contribution in [3.8, 4) is 0 Å². The fourth-order valence-corrected chi connectivity index (χ4v) is 2.53. The number of piperidine rings is 1. The number of β-amino-alcohol motifs (C(OH)–C–C–N with tert-alkyl or cyclic N) is 1. The number of rotatable bonds is 3. The van der Waals surface area contributed by atoms with Gasteiger partial charge in [-0.2, -0.15) is 13.2 Å². The zero-order valence-electron chi connectivity index (χ0n) is 11.5. The van der Waals surface area contributed by atoms with Crippen LogP contribution in [0.2, 0.25) is 0 Å². The van der Waals surface area contributed by atoms with Crippen LogP contribution in [0.15, 0.2) is 18.2 Å². The van der Waals surface area contributed by atoms with E-state index in [4.69, 9.17) is 5.11 Å². The summed E-state index contributed by atoms with van der Waals surface area (Å²) in [5, 5.41) is 30.0. The number of nitro benzene ring substituents is 1. The Morgan fingerprint density at radius 3 is 2.59 bits per heavy atom. The van der Waals surface area contributed by atoms with Gasteiger partial charge in [0.25, 0.3) is 5.69 Å². The minimum absolute atomic E-state index is 0.0252. The van der Waals surface area contributed by atoms with E-state index in [-0.39, 0.29) is 24.8 Å². The van der Waals surface area contributed by atoms with Gasteiger partial charge in [0.05, 0.1) is 16.6 Å². The zero-order chi connectivity index (χ0) is 16.5. The van der Waals surface area contributed by atoms with Crippen molar-refractivity contribution in [2.24, 2.45) is 5.92 Å². The van der Waals surface area contributed by atoms with E-state index in [1.165, 1.54) is 4.90 Å². The molecule has 0 aliphatic carbocycles. The third kappa shape index (κ3) is 3.30. The van der Waals surface area contributed by atoms with E-state index in [0.717, 1.165) is 12.1 Å². The molecule has 1 aliphatic heterocycles. The van der Waals surface area contributed by atoms with Gasteiger partial charge >= 0.3 is 6.18 Å². The summed E-state index contributed by atoms with van der Waals surface area (Å²) in [6.07, 6.45) is -5.15. The fourth-order valence-electron chi connectivity index (χ4n) is 2.53. The van der Waals surface area contributed by atoms with Gasteiger partial charge < -0.3 is 15.1 Å². The van der Waals surface area contributed by atoms with Gasteiger partial charge in [0.2, 0.25) is 0 Å². The number of halogens is 3. The quantitative estimate of drug-likeness (QED) is 0.655. The fraction of sp³-hybridized carbons (Fsp3) is 0.538. The Balaban J connectivity index is 2.33. The summed E-state index contributed by atoms with van der Waals surface area (Å²) in [4.78, 5) is 11.7. The Morgan fingerprint density at radius 2 is 2.09 bits per heavy atom. The molecule has 1 fully saturated rings. The van der Waals surface area contributed by atoms with Gasteiger partial charge in [-0.05, 0) is 18.6 Å². The van der Waals surface area contributed by atoms with Gasteiger partial charge in [-0.1, -0.05) is 0 Å². The molecule has 22 heavy (non-hydrogen) atoms. The van der Waals surface area contributed by atoms with Gasteiger partial charge in [-0.3, -0.25) is 10.1 Å². The molecule has 9 heteroatoms. The first-order chi connectivity index (χ1) is 10.2. The molecule has 2 atom stereocenters. The van der Waals surface area contributed by atoms with Gasteiger partial charge in [0.15, 0.2) is 0 Å². The molecule has 0 unspecified atom stereocenters. The third-order valence-corrected chi connectivity index (χ3v) is 3.80. The third-order valence-electron chi connectivity index (χ3n) is 3.80. The number of hydrogen-bond acceptors (Lipinski definition) is 5. The summed E-state index contributed by atoms with van der Waals surface area (Å²) in [6, 6.07) is 2.33. The number of alkyl halides is 3. The van der Waals surface area contributed by atoms with Crippen LogP contribution in [0.1, 0.15) is 12.0 Å². The highest BCUT2D eigenvalue weighted by atomic mass is 19.4. The highest BCUT2D eigenvalue weighted by Crippen LogP contribution is 2.37. The van der Waals surface area contributed by atoms with Gasteiger partial charge in [-0.25, -0.2) is 0 Å².